The lowest BCUT2D eigenvalue weighted by molar-refractivity contribution is -0.128. The first-order chi connectivity index (χ1) is 14.7. The Labute approximate surface area is 179 Å². The van der Waals surface area contributed by atoms with Crippen LogP contribution in [-0.4, -0.2) is 41.5 Å². The van der Waals surface area contributed by atoms with Gasteiger partial charge in [0.1, 0.15) is 0 Å². The van der Waals surface area contributed by atoms with Gasteiger partial charge >= 0.3 is 0 Å². The van der Waals surface area contributed by atoms with E-state index in [1.165, 1.54) is 0 Å². The quantitative estimate of drug-likeness (QED) is 0.440. The zero-order valence-corrected chi connectivity index (χ0v) is 17.7. The molecule has 0 saturated carbocycles. The molecule has 1 atom stereocenters. The molecule has 1 aliphatic rings. The van der Waals surface area contributed by atoms with E-state index in [4.69, 9.17) is 4.99 Å². The number of hydrogen-bond donors (Lipinski definition) is 3. The third-order valence-corrected chi connectivity index (χ3v) is 5.30. The Hall–Kier alpha value is -2.86. The summed E-state index contributed by atoms with van der Waals surface area (Å²) in [5, 5.41) is 16.9. The van der Waals surface area contributed by atoms with Crippen molar-refractivity contribution in [1.82, 2.24) is 15.5 Å². The highest BCUT2D eigenvalue weighted by Gasteiger charge is 2.20. The van der Waals surface area contributed by atoms with Gasteiger partial charge in [0.2, 0.25) is 5.91 Å². The van der Waals surface area contributed by atoms with Gasteiger partial charge in [0, 0.05) is 32.6 Å². The van der Waals surface area contributed by atoms with Crippen molar-refractivity contribution in [3.05, 3.63) is 71.3 Å². The molecule has 3 N–H and O–H groups in total. The fourth-order valence-corrected chi connectivity index (χ4v) is 3.62. The van der Waals surface area contributed by atoms with Crippen molar-refractivity contribution >= 4 is 11.9 Å². The number of carbonyl (C=O) groups excluding carboxylic acids is 1. The number of rotatable bonds is 9. The Morgan fingerprint density at radius 1 is 1.10 bits per heavy atom. The van der Waals surface area contributed by atoms with Crippen molar-refractivity contribution in [3.8, 4) is 0 Å². The van der Waals surface area contributed by atoms with E-state index in [1.54, 1.807) is 0 Å². The van der Waals surface area contributed by atoms with Gasteiger partial charge in [-0.2, -0.15) is 0 Å². The van der Waals surface area contributed by atoms with Crippen LogP contribution in [0.5, 0.6) is 0 Å². The van der Waals surface area contributed by atoms with Gasteiger partial charge in [0.15, 0.2) is 5.96 Å². The predicted octanol–water partition coefficient (Wildman–Crippen LogP) is 2.99. The molecule has 0 radical (unpaired) electrons. The first-order valence-electron chi connectivity index (χ1n) is 10.8. The minimum absolute atomic E-state index is 0.236. The van der Waals surface area contributed by atoms with Gasteiger partial charge in [-0.05, 0) is 36.5 Å². The highest BCUT2D eigenvalue weighted by Crippen LogP contribution is 2.18. The average Bonchev–Trinajstić information content (AvgIpc) is 3.17. The first kappa shape index (κ1) is 21.8. The average molecular weight is 409 g/mol. The molecule has 1 amide bonds. The Balaban J connectivity index is 1.57. The molecule has 1 heterocycles. The topological polar surface area (TPSA) is 77.0 Å². The van der Waals surface area contributed by atoms with Crippen LogP contribution in [0.25, 0.3) is 0 Å². The number of carbonyl (C=O) groups is 1. The SMILES string of the molecule is CCNC(=NCc1ccccc1CN1CCCC1=O)NCCC(O)c1ccccc1. The van der Waals surface area contributed by atoms with Gasteiger partial charge in [-0.1, -0.05) is 54.6 Å². The lowest BCUT2D eigenvalue weighted by atomic mass is 10.1. The van der Waals surface area contributed by atoms with Crippen LogP contribution < -0.4 is 10.6 Å². The molecule has 1 saturated heterocycles. The largest absolute Gasteiger partial charge is 0.388 e. The van der Waals surface area contributed by atoms with Crippen LogP contribution in [0.3, 0.4) is 0 Å². The monoisotopic (exact) mass is 408 g/mol. The van der Waals surface area contributed by atoms with E-state index >= 15 is 0 Å². The molecule has 1 fully saturated rings. The molecule has 1 unspecified atom stereocenters. The maximum Gasteiger partial charge on any atom is 0.222 e. The van der Waals surface area contributed by atoms with Crippen molar-refractivity contribution in [2.75, 3.05) is 19.6 Å². The highest BCUT2D eigenvalue weighted by molar-refractivity contribution is 5.79. The summed E-state index contributed by atoms with van der Waals surface area (Å²) in [6.45, 7) is 5.43. The normalized spacial score (nSPS) is 15.3. The number of guanidine groups is 1. The Bertz CT molecular complexity index is 838. The second-order valence-corrected chi connectivity index (χ2v) is 7.52. The van der Waals surface area contributed by atoms with E-state index in [2.05, 4.69) is 22.8 Å². The molecule has 0 spiro atoms. The van der Waals surface area contributed by atoms with Crippen LogP contribution in [-0.2, 0) is 17.9 Å². The highest BCUT2D eigenvalue weighted by atomic mass is 16.3. The zero-order valence-electron chi connectivity index (χ0n) is 17.7. The number of nitrogens with zero attached hydrogens (tertiary/aromatic N) is 2. The van der Waals surface area contributed by atoms with Gasteiger partial charge in [-0.15, -0.1) is 0 Å². The summed E-state index contributed by atoms with van der Waals surface area (Å²) in [4.78, 5) is 18.6. The maximum absolute atomic E-state index is 12.0. The molecule has 6 nitrogen and oxygen atoms in total. The van der Waals surface area contributed by atoms with E-state index in [0.717, 1.165) is 42.2 Å². The Kier molecular flexibility index (Phi) is 8.27. The van der Waals surface area contributed by atoms with Gasteiger partial charge in [0.05, 0.1) is 12.6 Å². The molecule has 6 heteroatoms. The second kappa shape index (κ2) is 11.4. The molecule has 160 valence electrons. The minimum Gasteiger partial charge on any atom is -0.388 e. The fourth-order valence-electron chi connectivity index (χ4n) is 3.62. The summed E-state index contributed by atoms with van der Waals surface area (Å²) < 4.78 is 0. The van der Waals surface area contributed by atoms with Crippen molar-refractivity contribution in [2.24, 2.45) is 4.99 Å². The molecular weight excluding hydrogens is 376 g/mol. The minimum atomic E-state index is -0.500. The smallest absolute Gasteiger partial charge is 0.222 e. The summed E-state index contributed by atoms with van der Waals surface area (Å²) in [5.74, 6) is 0.963. The van der Waals surface area contributed by atoms with Crippen LogP contribution in [0, 0.1) is 0 Å². The van der Waals surface area contributed by atoms with E-state index in [0.29, 0.717) is 32.5 Å². The van der Waals surface area contributed by atoms with Gasteiger partial charge < -0.3 is 20.6 Å². The molecule has 3 rings (SSSR count). The molecule has 0 bridgehead atoms. The van der Waals surface area contributed by atoms with Crippen molar-refractivity contribution in [2.45, 2.75) is 45.4 Å². The Morgan fingerprint density at radius 2 is 1.83 bits per heavy atom. The number of nitrogens with one attached hydrogen (secondary N) is 2. The number of benzene rings is 2. The molecule has 0 aromatic heterocycles. The number of amides is 1. The number of hydrogen-bond acceptors (Lipinski definition) is 3. The van der Waals surface area contributed by atoms with E-state index in [-0.39, 0.29) is 5.91 Å². The lowest BCUT2D eigenvalue weighted by Gasteiger charge is -2.18. The van der Waals surface area contributed by atoms with Crippen LogP contribution >= 0.6 is 0 Å². The summed E-state index contributed by atoms with van der Waals surface area (Å²) in [6.07, 6.45) is 1.70. The van der Waals surface area contributed by atoms with Crippen LogP contribution in [0.1, 0.15) is 49.0 Å². The molecule has 0 aliphatic carbocycles. The maximum atomic E-state index is 12.0. The number of aliphatic imine (C=N–C) groups is 1. The van der Waals surface area contributed by atoms with Gasteiger partial charge in [-0.3, -0.25) is 4.79 Å². The lowest BCUT2D eigenvalue weighted by Crippen LogP contribution is -2.38. The van der Waals surface area contributed by atoms with Gasteiger partial charge in [-0.25, -0.2) is 4.99 Å². The van der Waals surface area contributed by atoms with Crippen molar-refractivity contribution in [3.63, 3.8) is 0 Å². The van der Waals surface area contributed by atoms with Crippen molar-refractivity contribution < 1.29 is 9.90 Å². The first-order valence-corrected chi connectivity index (χ1v) is 10.8. The van der Waals surface area contributed by atoms with Gasteiger partial charge in [0.25, 0.3) is 0 Å². The van der Waals surface area contributed by atoms with E-state index in [1.807, 2.05) is 54.3 Å². The van der Waals surface area contributed by atoms with Crippen LogP contribution in [0.4, 0.5) is 0 Å². The zero-order chi connectivity index (χ0) is 21.2. The third-order valence-electron chi connectivity index (χ3n) is 5.30. The molecular formula is C24H32N4O2. The predicted molar refractivity (Wildman–Crippen MR) is 120 cm³/mol. The second-order valence-electron chi connectivity index (χ2n) is 7.52. The fraction of sp³-hybridized carbons (Fsp3) is 0.417. The molecule has 30 heavy (non-hydrogen) atoms. The number of aliphatic hydroxyl groups is 1. The Morgan fingerprint density at radius 3 is 2.53 bits per heavy atom. The number of aliphatic hydroxyl groups excluding tert-OH is 1. The summed E-state index contributed by atoms with van der Waals surface area (Å²) in [7, 11) is 0. The summed E-state index contributed by atoms with van der Waals surface area (Å²) in [5.41, 5.74) is 3.19. The van der Waals surface area contributed by atoms with Crippen LogP contribution in [0.2, 0.25) is 0 Å². The number of likely N-dealkylation sites (tertiary alicyclic amines) is 1. The molecule has 2 aromatic carbocycles. The van der Waals surface area contributed by atoms with Crippen LogP contribution in [0.15, 0.2) is 59.6 Å². The summed E-state index contributed by atoms with van der Waals surface area (Å²) >= 11 is 0. The van der Waals surface area contributed by atoms with E-state index in [9.17, 15) is 9.90 Å². The van der Waals surface area contributed by atoms with Crippen molar-refractivity contribution in [1.29, 1.82) is 0 Å². The standard InChI is InChI=1S/C24H32N4O2/c1-2-25-24(26-15-14-22(29)19-9-4-3-5-10-19)27-17-20-11-6-7-12-21(20)18-28-16-8-13-23(28)30/h3-7,9-12,22,29H,2,8,13-18H2,1H3,(H2,25,26,27). The van der Waals surface area contributed by atoms with E-state index < -0.39 is 6.10 Å². The summed E-state index contributed by atoms with van der Waals surface area (Å²) in [6, 6.07) is 17.9. The third kappa shape index (κ3) is 6.32. The molecule has 1 aliphatic heterocycles. The molecule has 2 aromatic rings.